The van der Waals surface area contributed by atoms with E-state index in [1.54, 1.807) is 14.2 Å². The fourth-order valence-electron chi connectivity index (χ4n) is 5.45. The van der Waals surface area contributed by atoms with Crippen molar-refractivity contribution in [1.29, 1.82) is 0 Å². The van der Waals surface area contributed by atoms with Gasteiger partial charge >= 0.3 is 0 Å². The predicted molar refractivity (Wildman–Crippen MR) is 112 cm³/mol. The number of piperazine rings is 1. The molecule has 2 aromatic rings. The average molecular weight is 406 g/mol. The molecule has 0 unspecified atom stereocenters. The van der Waals surface area contributed by atoms with Crippen LogP contribution in [0.3, 0.4) is 0 Å². The molecule has 0 aliphatic carbocycles. The lowest BCUT2D eigenvalue weighted by molar-refractivity contribution is -0.170. The van der Waals surface area contributed by atoms with Crippen molar-refractivity contribution in [2.24, 2.45) is 0 Å². The van der Waals surface area contributed by atoms with E-state index in [-0.39, 0.29) is 17.9 Å². The SMILES string of the molecule is COc1cc2c(cc1OC)[C@@]1(Cc3ccccc3)C(=O)N3CCC[C@H]3C(=O)N1CC2. The third-order valence-electron chi connectivity index (χ3n) is 6.84. The summed E-state index contributed by atoms with van der Waals surface area (Å²) in [6.07, 6.45) is 2.76. The molecule has 3 heterocycles. The highest BCUT2D eigenvalue weighted by Gasteiger charge is 2.60. The van der Waals surface area contributed by atoms with Crippen molar-refractivity contribution in [2.75, 3.05) is 27.3 Å². The Morgan fingerprint density at radius 1 is 1.03 bits per heavy atom. The first-order chi connectivity index (χ1) is 14.6. The van der Waals surface area contributed by atoms with Crippen LogP contribution in [0.4, 0.5) is 0 Å². The van der Waals surface area contributed by atoms with E-state index in [4.69, 9.17) is 9.47 Å². The molecule has 2 saturated heterocycles. The molecule has 0 saturated carbocycles. The van der Waals surface area contributed by atoms with Gasteiger partial charge < -0.3 is 19.3 Å². The van der Waals surface area contributed by atoms with E-state index in [1.165, 1.54) is 0 Å². The molecule has 5 rings (SSSR count). The first-order valence-electron chi connectivity index (χ1n) is 10.5. The highest BCUT2D eigenvalue weighted by atomic mass is 16.5. The van der Waals surface area contributed by atoms with Gasteiger partial charge in [-0.1, -0.05) is 30.3 Å². The van der Waals surface area contributed by atoms with Crippen molar-refractivity contribution in [1.82, 2.24) is 9.80 Å². The minimum atomic E-state index is -1.05. The molecule has 30 heavy (non-hydrogen) atoms. The van der Waals surface area contributed by atoms with Crippen LogP contribution in [0.5, 0.6) is 11.5 Å². The van der Waals surface area contributed by atoms with Crippen LogP contribution in [0.1, 0.15) is 29.5 Å². The van der Waals surface area contributed by atoms with Crippen molar-refractivity contribution in [3.8, 4) is 11.5 Å². The van der Waals surface area contributed by atoms with Crippen LogP contribution in [-0.4, -0.2) is 55.0 Å². The Bertz CT molecular complexity index is 1010. The number of rotatable bonds is 4. The lowest BCUT2D eigenvalue weighted by atomic mass is 9.73. The topological polar surface area (TPSA) is 59.1 Å². The summed E-state index contributed by atoms with van der Waals surface area (Å²) in [4.78, 5) is 31.3. The minimum Gasteiger partial charge on any atom is -0.493 e. The molecule has 6 nitrogen and oxygen atoms in total. The van der Waals surface area contributed by atoms with Gasteiger partial charge in [0, 0.05) is 19.5 Å². The Labute approximate surface area is 176 Å². The van der Waals surface area contributed by atoms with Crippen LogP contribution < -0.4 is 9.47 Å². The average Bonchev–Trinajstić information content (AvgIpc) is 3.27. The molecule has 0 spiro atoms. The van der Waals surface area contributed by atoms with E-state index in [0.717, 1.165) is 29.5 Å². The number of fused-ring (bicyclic) bond motifs is 4. The standard InChI is InChI=1S/C24H26N2O4/c1-29-20-13-17-10-12-26-22(27)19-9-6-11-25(19)23(28)24(26,18(17)14-21(20)30-2)15-16-7-4-3-5-8-16/h3-5,7-8,13-14,19H,6,9-12,15H2,1-2H3/t19-,24-/m0/s1. The van der Waals surface area contributed by atoms with Crippen LogP contribution >= 0.6 is 0 Å². The predicted octanol–water partition coefficient (Wildman–Crippen LogP) is 2.53. The lowest BCUT2D eigenvalue weighted by Gasteiger charge is -2.53. The van der Waals surface area contributed by atoms with Gasteiger partial charge in [0.1, 0.15) is 6.04 Å². The van der Waals surface area contributed by atoms with Crippen LogP contribution in [-0.2, 0) is 28.0 Å². The van der Waals surface area contributed by atoms with Crippen molar-refractivity contribution in [3.05, 3.63) is 59.2 Å². The second-order valence-corrected chi connectivity index (χ2v) is 8.28. The molecule has 0 radical (unpaired) electrons. The number of carbonyl (C=O) groups is 2. The van der Waals surface area contributed by atoms with E-state index in [9.17, 15) is 9.59 Å². The van der Waals surface area contributed by atoms with Gasteiger partial charge in [-0.25, -0.2) is 0 Å². The number of ether oxygens (including phenoxy) is 2. The number of benzene rings is 2. The zero-order chi connectivity index (χ0) is 20.9. The van der Waals surface area contributed by atoms with E-state index >= 15 is 0 Å². The highest BCUT2D eigenvalue weighted by Crippen LogP contribution is 2.48. The van der Waals surface area contributed by atoms with E-state index in [0.29, 0.717) is 37.4 Å². The van der Waals surface area contributed by atoms with Gasteiger partial charge in [-0.2, -0.15) is 0 Å². The molecule has 2 atom stereocenters. The van der Waals surface area contributed by atoms with Crippen LogP contribution in [0.2, 0.25) is 0 Å². The molecular formula is C24H26N2O4. The number of hydrogen-bond acceptors (Lipinski definition) is 4. The Balaban J connectivity index is 1.75. The summed E-state index contributed by atoms with van der Waals surface area (Å²) in [5.74, 6) is 1.33. The number of carbonyl (C=O) groups excluding carboxylic acids is 2. The smallest absolute Gasteiger partial charge is 0.254 e. The molecule has 0 aromatic heterocycles. The molecule has 2 amide bonds. The summed E-state index contributed by atoms with van der Waals surface area (Å²) in [6.45, 7) is 1.17. The molecule has 0 bridgehead atoms. The van der Waals surface area contributed by atoms with Gasteiger partial charge in [-0.3, -0.25) is 9.59 Å². The maximum Gasteiger partial charge on any atom is 0.254 e. The Kier molecular flexibility index (Phi) is 4.45. The summed E-state index contributed by atoms with van der Waals surface area (Å²) in [5, 5.41) is 0. The molecule has 0 N–H and O–H groups in total. The summed E-state index contributed by atoms with van der Waals surface area (Å²) in [6, 6.07) is 13.5. The van der Waals surface area contributed by atoms with Gasteiger partial charge in [0.25, 0.3) is 5.91 Å². The van der Waals surface area contributed by atoms with Gasteiger partial charge in [0.15, 0.2) is 17.0 Å². The van der Waals surface area contributed by atoms with Crippen LogP contribution in [0.15, 0.2) is 42.5 Å². The third kappa shape index (κ3) is 2.56. The van der Waals surface area contributed by atoms with Gasteiger partial charge in [0.05, 0.1) is 14.2 Å². The fraction of sp³-hybridized carbons (Fsp3) is 0.417. The third-order valence-corrected chi connectivity index (χ3v) is 6.84. The van der Waals surface area contributed by atoms with Crippen LogP contribution in [0, 0.1) is 0 Å². The molecule has 2 fully saturated rings. The molecule has 156 valence electrons. The summed E-state index contributed by atoms with van der Waals surface area (Å²) in [5.41, 5.74) is 1.88. The molecular weight excluding hydrogens is 380 g/mol. The first kappa shape index (κ1) is 19.0. The first-order valence-corrected chi connectivity index (χ1v) is 10.5. The molecule has 3 aliphatic rings. The molecule has 2 aromatic carbocycles. The lowest BCUT2D eigenvalue weighted by Crippen LogP contribution is -2.70. The quantitative estimate of drug-likeness (QED) is 0.783. The summed E-state index contributed by atoms with van der Waals surface area (Å²) < 4.78 is 11.1. The van der Waals surface area contributed by atoms with Crippen molar-refractivity contribution in [2.45, 2.75) is 37.3 Å². The maximum atomic E-state index is 14.1. The molecule has 6 heteroatoms. The number of amides is 2. The van der Waals surface area contributed by atoms with E-state index < -0.39 is 5.54 Å². The highest BCUT2D eigenvalue weighted by molar-refractivity contribution is 6.02. The van der Waals surface area contributed by atoms with E-state index in [1.807, 2.05) is 52.3 Å². The normalized spacial score (nSPS) is 24.9. The fourth-order valence-corrected chi connectivity index (χ4v) is 5.45. The summed E-state index contributed by atoms with van der Waals surface area (Å²) in [7, 11) is 3.21. The zero-order valence-corrected chi connectivity index (χ0v) is 17.4. The van der Waals surface area contributed by atoms with E-state index in [2.05, 4.69) is 0 Å². The monoisotopic (exact) mass is 406 g/mol. The maximum absolute atomic E-state index is 14.1. The largest absolute Gasteiger partial charge is 0.493 e. The Morgan fingerprint density at radius 2 is 1.77 bits per heavy atom. The minimum absolute atomic E-state index is 0.0293. The number of hydrogen-bond donors (Lipinski definition) is 0. The number of methoxy groups -OCH3 is 2. The van der Waals surface area contributed by atoms with Crippen LogP contribution in [0.25, 0.3) is 0 Å². The molecule has 3 aliphatic heterocycles. The number of nitrogens with zero attached hydrogens (tertiary/aromatic N) is 2. The van der Waals surface area contributed by atoms with Gasteiger partial charge in [-0.15, -0.1) is 0 Å². The Hall–Kier alpha value is -3.02. The summed E-state index contributed by atoms with van der Waals surface area (Å²) >= 11 is 0. The zero-order valence-electron chi connectivity index (χ0n) is 17.4. The Morgan fingerprint density at radius 3 is 2.50 bits per heavy atom. The van der Waals surface area contributed by atoms with Gasteiger partial charge in [0.2, 0.25) is 5.91 Å². The van der Waals surface area contributed by atoms with Crippen molar-refractivity contribution < 1.29 is 19.1 Å². The second-order valence-electron chi connectivity index (χ2n) is 8.28. The van der Waals surface area contributed by atoms with Crippen molar-refractivity contribution >= 4 is 11.8 Å². The van der Waals surface area contributed by atoms with Crippen molar-refractivity contribution in [3.63, 3.8) is 0 Å². The second kappa shape index (κ2) is 7.04. The van der Waals surface area contributed by atoms with Gasteiger partial charge in [-0.05, 0) is 48.1 Å².